The van der Waals surface area contributed by atoms with E-state index in [4.69, 9.17) is 4.74 Å². The maximum absolute atomic E-state index is 5.95. The summed E-state index contributed by atoms with van der Waals surface area (Å²) in [6, 6.07) is 6.48. The van der Waals surface area contributed by atoms with Crippen molar-refractivity contribution in [2.45, 2.75) is 18.9 Å². The zero-order valence-electron chi connectivity index (χ0n) is 9.70. The lowest BCUT2D eigenvalue weighted by molar-refractivity contribution is 0.223. The van der Waals surface area contributed by atoms with Crippen LogP contribution in [-0.2, 0) is 6.42 Å². The Morgan fingerprint density at radius 3 is 3.19 bits per heavy atom. The van der Waals surface area contributed by atoms with Gasteiger partial charge in [0.25, 0.3) is 0 Å². The van der Waals surface area contributed by atoms with E-state index in [2.05, 4.69) is 35.5 Å². The average Bonchev–Trinajstić information content (AvgIpc) is 2.90. The Balaban J connectivity index is 1.76. The molecule has 1 atom stereocenters. The minimum atomic E-state index is 0.359. The van der Waals surface area contributed by atoms with Crippen molar-refractivity contribution in [3.05, 3.63) is 23.8 Å². The van der Waals surface area contributed by atoms with Gasteiger partial charge in [0.05, 0.1) is 0 Å². The topological polar surface area (TPSA) is 24.5 Å². The molecule has 2 aliphatic rings. The average molecular weight is 218 g/mol. The molecule has 2 aliphatic heterocycles. The molecule has 3 rings (SSSR count). The molecule has 0 aromatic heterocycles. The van der Waals surface area contributed by atoms with Gasteiger partial charge in [-0.1, -0.05) is 0 Å². The first-order valence-electron chi connectivity index (χ1n) is 6.04. The van der Waals surface area contributed by atoms with E-state index >= 15 is 0 Å². The molecule has 1 unspecified atom stereocenters. The smallest absolute Gasteiger partial charge is 0.120 e. The van der Waals surface area contributed by atoms with Gasteiger partial charge in [0, 0.05) is 25.8 Å². The molecule has 86 valence electrons. The fourth-order valence-electron chi connectivity index (χ4n) is 2.54. The Morgan fingerprint density at radius 2 is 2.38 bits per heavy atom. The van der Waals surface area contributed by atoms with Crippen LogP contribution in [0.3, 0.4) is 0 Å². The predicted molar refractivity (Wildman–Crippen MR) is 65.3 cm³/mol. The van der Waals surface area contributed by atoms with Crippen LogP contribution in [-0.4, -0.2) is 32.8 Å². The van der Waals surface area contributed by atoms with E-state index in [0.717, 1.165) is 38.2 Å². The van der Waals surface area contributed by atoms with Crippen molar-refractivity contribution >= 4 is 5.69 Å². The molecular formula is C13H18N2O. The summed E-state index contributed by atoms with van der Waals surface area (Å²) in [6.07, 6.45) is 2.63. The number of hydrogen-bond acceptors (Lipinski definition) is 3. The van der Waals surface area contributed by atoms with E-state index in [0.29, 0.717) is 6.10 Å². The highest BCUT2D eigenvalue weighted by Crippen LogP contribution is 2.30. The third-order valence-corrected chi connectivity index (χ3v) is 3.50. The fraction of sp³-hybridized carbons (Fsp3) is 0.538. The molecule has 0 bridgehead atoms. The number of benzene rings is 1. The molecule has 2 heterocycles. The third-order valence-electron chi connectivity index (χ3n) is 3.50. The van der Waals surface area contributed by atoms with Gasteiger partial charge in [0.1, 0.15) is 11.9 Å². The van der Waals surface area contributed by atoms with Gasteiger partial charge in [-0.15, -0.1) is 0 Å². The van der Waals surface area contributed by atoms with Gasteiger partial charge < -0.3 is 15.0 Å². The SMILES string of the molecule is CN1CCc2cc(OC3CCNC3)ccc21. The molecule has 1 aromatic carbocycles. The maximum Gasteiger partial charge on any atom is 0.120 e. The van der Waals surface area contributed by atoms with E-state index in [9.17, 15) is 0 Å². The Bertz CT molecular complexity index is 386. The van der Waals surface area contributed by atoms with Gasteiger partial charge in [-0.05, 0) is 43.1 Å². The van der Waals surface area contributed by atoms with Crippen molar-refractivity contribution in [3.8, 4) is 5.75 Å². The molecule has 0 aliphatic carbocycles. The van der Waals surface area contributed by atoms with Gasteiger partial charge in [0.15, 0.2) is 0 Å². The van der Waals surface area contributed by atoms with Crippen molar-refractivity contribution in [2.75, 3.05) is 31.6 Å². The second kappa shape index (κ2) is 3.98. The molecule has 0 saturated carbocycles. The van der Waals surface area contributed by atoms with Crippen LogP contribution in [0.1, 0.15) is 12.0 Å². The molecular weight excluding hydrogens is 200 g/mol. The summed E-state index contributed by atoms with van der Waals surface area (Å²) in [4.78, 5) is 2.30. The minimum Gasteiger partial charge on any atom is -0.489 e. The number of anilines is 1. The highest BCUT2D eigenvalue weighted by molar-refractivity contribution is 5.59. The summed E-state index contributed by atoms with van der Waals surface area (Å²) in [5.41, 5.74) is 2.78. The number of likely N-dealkylation sites (N-methyl/N-ethyl adjacent to an activating group) is 1. The van der Waals surface area contributed by atoms with Crippen molar-refractivity contribution < 1.29 is 4.74 Å². The molecule has 1 aromatic rings. The number of rotatable bonds is 2. The zero-order valence-corrected chi connectivity index (χ0v) is 9.70. The zero-order chi connectivity index (χ0) is 11.0. The Labute approximate surface area is 96.4 Å². The molecule has 0 spiro atoms. The van der Waals surface area contributed by atoms with Crippen molar-refractivity contribution in [1.82, 2.24) is 5.32 Å². The standard InChI is InChI=1S/C13H18N2O/c1-15-7-5-10-8-11(2-3-13(10)15)16-12-4-6-14-9-12/h2-3,8,12,14H,4-7,9H2,1H3. The maximum atomic E-state index is 5.95. The van der Waals surface area contributed by atoms with Gasteiger partial charge >= 0.3 is 0 Å². The van der Waals surface area contributed by atoms with Crippen LogP contribution in [0, 0.1) is 0 Å². The van der Waals surface area contributed by atoms with E-state index in [-0.39, 0.29) is 0 Å². The molecule has 0 amide bonds. The number of fused-ring (bicyclic) bond motifs is 1. The largest absolute Gasteiger partial charge is 0.489 e. The van der Waals surface area contributed by atoms with Crippen molar-refractivity contribution in [3.63, 3.8) is 0 Å². The van der Waals surface area contributed by atoms with Crippen LogP contribution in [0.5, 0.6) is 5.75 Å². The number of ether oxygens (including phenoxy) is 1. The van der Waals surface area contributed by atoms with Gasteiger partial charge in [-0.25, -0.2) is 0 Å². The molecule has 1 saturated heterocycles. The summed E-state index contributed by atoms with van der Waals surface area (Å²) >= 11 is 0. The summed E-state index contributed by atoms with van der Waals surface area (Å²) in [5, 5.41) is 3.32. The van der Waals surface area contributed by atoms with Crippen LogP contribution in [0.2, 0.25) is 0 Å². The highest BCUT2D eigenvalue weighted by atomic mass is 16.5. The molecule has 1 fully saturated rings. The van der Waals surface area contributed by atoms with E-state index in [1.807, 2.05) is 0 Å². The van der Waals surface area contributed by atoms with Crippen LogP contribution < -0.4 is 15.0 Å². The lowest BCUT2D eigenvalue weighted by Gasteiger charge is -2.15. The monoisotopic (exact) mass is 218 g/mol. The minimum absolute atomic E-state index is 0.359. The quantitative estimate of drug-likeness (QED) is 0.812. The highest BCUT2D eigenvalue weighted by Gasteiger charge is 2.19. The predicted octanol–water partition coefficient (Wildman–Crippen LogP) is 1.42. The van der Waals surface area contributed by atoms with Crippen LogP contribution in [0.25, 0.3) is 0 Å². The van der Waals surface area contributed by atoms with Gasteiger partial charge in [0.2, 0.25) is 0 Å². The summed E-state index contributed by atoms with van der Waals surface area (Å²) < 4.78 is 5.95. The lowest BCUT2D eigenvalue weighted by atomic mass is 10.1. The molecule has 3 heteroatoms. The Kier molecular flexibility index (Phi) is 2.48. The first-order chi connectivity index (χ1) is 7.83. The summed E-state index contributed by atoms with van der Waals surface area (Å²) in [6.45, 7) is 3.19. The normalized spacial score (nSPS) is 23.6. The summed E-state index contributed by atoms with van der Waals surface area (Å²) in [5.74, 6) is 1.03. The fourth-order valence-corrected chi connectivity index (χ4v) is 2.54. The van der Waals surface area contributed by atoms with Crippen LogP contribution in [0.4, 0.5) is 5.69 Å². The van der Waals surface area contributed by atoms with Crippen LogP contribution >= 0.6 is 0 Å². The van der Waals surface area contributed by atoms with Crippen molar-refractivity contribution in [2.24, 2.45) is 0 Å². The lowest BCUT2D eigenvalue weighted by Crippen LogP contribution is -2.19. The van der Waals surface area contributed by atoms with Crippen LogP contribution in [0.15, 0.2) is 18.2 Å². The van der Waals surface area contributed by atoms with Crippen molar-refractivity contribution in [1.29, 1.82) is 0 Å². The first kappa shape index (κ1) is 9.97. The second-order valence-electron chi connectivity index (χ2n) is 4.69. The van der Waals surface area contributed by atoms with E-state index < -0.39 is 0 Å². The third kappa shape index (κ3) is 1.76. The summed E-state index contributed by atoms with van der Waals surface area (Å²) in [7, 11) is 2.15. The number of nitrogens with one attached hydrogen (secondary N) is 1. The second-order valence-corrected chi connectivity index (χ2v) is 4.69. The molecule has 0 radical (unpaired) electrons. The first-order valence-corrected chi connectivity index (χ1v) is 6.04. The number of nitrogens with zero attached hydrogens (tertiary/aromatic N) is 1. The Hall–Kier alpha value is -1.22. The Morgan fingerprint density at radius 1 is 1.44 bits per heavy atom. The molecule has 16 heavy (non-hydrogen) atoms. The number of hydrogen-bond donors (Lipinski definition) is 1. The molecule has 3 nitrogen and oxygen atoms in total. The molecule has 1 N–H and O–H groups in total. The van der Waals surface area contributed by atoms with E-state index in [1.54, 1.807) is 0 Å². The van der Waals surface area contributed by atoms with Gasteiger partial charge in [-0.2, -0.15) is 0 Å². The van der Waals surface area contributed by atoms with E-state index in [1.165, 1.54) is 11.3 Å². The van der Waals surface area contributed by atoms with Gasteiger partial charge in [-0.3, -0.25) is 0 Å².